The van der Waals surface area contributed by atoms with Gasteiger partial charge in [-0.25, -0.2) is 4.79 Å². The number of nitrogens with two attached hydrogens (primary N) is 1. The molecule has 0 radical (unpaired) electrons. The van der Waals surface area contributed by atoms with Gasteiger partial charge in [0.15, 0.2) is 11.9 Å². The third kappa shape index (κ3) is 8.23. The number of amides is 2. The molecule has 0 saturated carbocycles. The van der Waals surface area contributed by atoms with Gasteiger partial charge in [-0.1, -0.05) is 38.2 Å². The van der Waals surface area contributed by atoms with Gasteiger partial charge in [-0.2, -0.15) is 0 Å². The highest BCUT2D eigenvalue weighted by molar-refractivity contribution is 6.23. The summed E-state index contributed by atoms with van der Waals surface area (Å²) in [6, 6.07) is 0. The van der Waals surface area contributed by atoms with E-state index in [1.165, 1.54) is 34.3 Å². The number of aliphatic hydroxyl groups is 1. The Morgan fingerprint density at radius 3 is 2.35 bits per heavy atom. The highest BCUT2D eigenvalue weighted by Gasteiger charge is 2.34. The van der Waals surface area contributed by atoms with Crippen LogP contribution in [0.3, 0.4) is 0 Å². The van der Waals surface area contributed by atoms with Gasteiger partial charge in [0.2, 0.25) is 11.6 Å². The summed E-state index contributed by atoms with van der Waals surface area (Å²) in [7, 11) is 4.21. The van der Waals surface area contributed by atoms with Gasteiger partial charge in [0.25, 0.3) is 5.91 Å². The number of rotatable bonds is 4. The fourth-order valence-corrected chi connectivity index (χ4v) is 4.78. The third-order valence-corrected chi connectivity index (χ3v) is 6.95. The summed E-state index contributed by atoms with van der Waals surface area (Å²) in [5, 5.41) is 13.7. The van der Waals surface area contributed by atoms with Gasteiger partial charge in [0.05, 0.1) is 25.0 Å². The molecule has 1 aliphatic heterocycles. The fraction of sp³-hybridized carbons (Fsp3) is 0.517. The van der Waals surface area contributed by atoms with Crippen molar-refractivity contribution in [3.63, 3.8) is 0 Å². The van der Waals surface area contributed by atoms with Crippen LogP contribution in [0.2, 0.25) is 0 Å². The number of carbonyl (C=O) groups excluding carboxylic acids is 4. The van der Waals surface area contributed by atoms with Crippen LogP contribution in [0.1, 0.15) is 40.5 Å². The molecule has 2 aliphatic rings. The molecule has 220 valence electrons. The van der Waals surface area contributed by atoms with Crippen LogP contribution in [0.4, 0.5) is 4.79 Å². The highest BCUT2D eigenvalue weighted by atomic mass is 16.6. The maximum absolute atomic E-state index is 13.3. The van der Waals surface area contributed by atoms with E-state index in [0.717, 1.165) is 6.08 Å². The minimum atomic E-state index is -1.00. The number of hydrogen-bond donors (Lipinski definition) is 3. The van der Waals surface area contributed by atoms with Crippen LogP contribution >= 0.6 is 0 Å². The second-order valence-electron chi connectivity index (χ2n) is 10.1. The Hall–Kier alpha value is -3.54. The smallest absolute Gasteiger partial charge is 0.405 e. The van der Waals surface area contributed by atoms with Crippen molar-refractivity contribution < 1.29 is 43.2 Å². The summed E-state index contributed by atoms with van der Waals surface area (Å²) in [6.07, 6.45) is 3.61. The van der Waals surface area contributed by atoms with E-state index in [0.29, 0.717) is 12.0 Å². The molecule has 1 aliphatic carbocycles. The van der Waals surface area contributed by atoms with Crippen molar-refractivity contribution in [3.05, 3.63) is 58.6 Å². The molecular weight excluding hydrogens is 520 g/mol. The van der Waals surface area contributed by atoms with E-state index < -0.39 is 53.9 Å². The lowest BCUT2D eigenvalue weighted by molar-refractivity contribution is -0.120. The number of allylic oxidation sites excluding steroid dienone is 4. The molecule has 0 fully saturated rings. The number of Topliss-reactive ketones (excluding diaryl/α,β-unsaturated/α-hetero) is 1. The van der Waals surface area contributed by atoms with Crippen molar-refractivity contribution in [1.29, 1.82) is 0 Å². The Kier molecular flexibility index (Phi) is 12.0. The monoisotopic (exact) mass is 560 g/mol. The first-order valence-electron chi connectivity index (χ1n) is 13.0. The number of ketones is 2. The van der Waals surface area contributed by atoms with E-state index >= 15 is 0 Å². The zero-order valence-electron chi connectivity index (χ0n) is 24.1. The predicted molar refractivity (Wildman–Crippen MR) is 147 cm³/mol. The van der Waals surface area contributed by atoms with Gasteiger partial charge in [-0.3, -0.25) is 14.4 Å². The zero-order valence-corrected chi connectivity index (χ0v) is 24.1. The SMILES string of the molecule is COC1=C2CC(C)C[C@H](OC)C(O)C(C)/C=C(\C)[C@H](OC(N)=O)[C@@H](OC)/C=C\C=C(/C)C(=O)NC(=CC1=O)C2=O. The van der Waals surface area contributed by atoms with Crippen LogP contribution in [0.15, 0.2) is 58.6 Å². The summed E-state index contributed by atoms with van der Waals surface area (Å²) in [4.78, 5) is 50.6. The molecule has 3 unspecified atom stereocenters. The Bertz CT molecular complexity index is 1150. The average Bonchev–Trinajstić information content (AvgIpc) is 2.90. The fourth-order valence-electron chi connectivity index (χ4n) is 4.78. The number of nitrogens with one attached hydrogen (secondary N) is 1. The molecule has 11 nitrogen and oxygen atoms in total. The number of ether oxygens (including phenoxy) is 4. The van der Waals surface area contributed by atoms with Crippen LogP contribution in [0.5, 0.6) is 0 Å². The van der Waals surface area contributed by atoms with Crippen LogP contribution in [-0.4, -0.2) is 74.4 Å². The summed E-state index contributed by atoms with van der Waals surface area (Å²) in [5.41, 5.74) is 6.12. The molecule has 2 bridgehead atoms. The van der Waals surface area contributed by atoms with Gasteiger partial charge in [-0.15, -0.1) is 0 Å². The van der Waals surface area contributed by atoms with Crippen LogP contribution in [-0.2, 0) is 33.3 Å². The predicted octanol–water partition coefficient (Wildman–Crippen LogP) is 2.41. The van der Waals surface area contributed by atoms with Crippen molar-refractivity contribution in [2.75, 3.05) is 21.3 Å². The zero-order chi connectivity index (χ0) is 30.1. The van der Waals surface area contributed by atoms with E-state index in [9.17, 15) is 24.3 Å². The molecule has 1 heterocycles. The van der Waals surface area contributed by atoms with Gasteiger partial charge in [0, 0.05) is 37.4 Å². The van der Waals surface area contributed by atoms with Crippen molar-refractivity contribution in [2.45, 2.75) is 65.0 Å². The largest absolute Gasteiger partial charge is 0.492 e. The van der Waals surface area contributed by atoms with E-state index in [1.807, 2.05) is 6.92 Å². The van der Waals surface area contributed by atoms with Gasteiger partial charge in [0.1, 0.15) is 6.10 Å². The first-order valence-corrected chi connectivity index (χ1v) is 13.0. The Morgan fingerprint density at radius 1 is 1.10 bits per heavy atom. The van der Waals surface area contributed by atoms with Crippen LogP contribution in [0.25, 0.3) is 0 Å². The molecule has 40 heavy (non-hydrogen) atoms. The minimum absolute atomic E-state index is 0.0801. The van der Waals surface area contributed by atoms with Crippen LogP contribution < -0.4 is 11.1 Å². The molecule has 0 spiro atoms. The summed E-state index contributed by atoms with van der Waals surface area (Å²) < 4.78 is 21.7. The quantitative estimate of drug-likeness (QED) is 0.346. The van der Waals surface area contributed by atoms with Crippen molar-refractivity contribution in [2.24, 2.45) is 17.6 Å². The normalized spacial score (nSPS) is 32.7. The lowest BCUT2D eigenvalue weighted by atomic mass is 9.85. The maximum Gasteiger partial charge on any atom is 0.405 e. The third-order valence-electron chi connectivity index (χ3n) is 6.95. The number of fused-ring (bicyclic) bond motifs is 2. The molecule has 0 aromatic rings. The molecule has 4 N–H and O–H groups in total. The minimum Gasteiger partial charge on any atom is -0.492 e. The van der Waals surface area contributed by atoms with E-state index in [1.54, 1.807) is 32.1 Å². The number of hydrogen-bond acceptors (Lipinski definition) is 9. The van der Waals surface area contributed by atoms with Crippen molar-refractivity contribution >= 4 is 23.6 Å². The Balaban J connectivity index is 2.60. The highest BCUT2D eigenvalue weighted by Crippen LogP contribution is 2.29. The number of primary amides is 1. The molecule has 6 atom stereocenters. The van der Waals surface area contributed by atoms with Gasteiger partial charge < -0.3 is 35.1 Å². The second-order valence-corrected chi connectivity index (χ2v) is 10.1. The standard InChI is InChI=1S/C29H40N2O9/c1-15-11-19-25(34)20(14-21(32)27(19)39-7)31-28(35)16(2)9-8-10-22(37-5)26(40-29(30)36)18(4)13-17(3)24(33)23(12-15)38-6/h8-10,13-15,17,22-24,26,33H,11-12H2,1-7H3,(H2,30,36)(H,31,35)/b10-8-,16-9+,18-13+/t15?,17?,22-,23-,24?,26-/m0/s1. The Morgan fingerprint density at radius 2 is 1.77 bits per heavy atom. The molecule has 2 rings (SSSR count). The molecular formula is C29H40N2O9. The average molecular weight is 561 g/mol. The van der Waals surface area contributed by atoms with Crippen LogP contribution in [0, 0.1) is 11.8 Å². The summed E-state index contributed by atoms with van der Waals surface area (Å²) in [6.45, 7) is 6.92. The van der Waals surface area contributed by atoms with E-state index in [4.69, 9.17) is 24.7 Å². The molecule has 0 aromatic heterocycles. The maximum atomic E-state index is 13.3. The first kappa shape index (κ1) is 32.7. The molecule has 0 aromatic carbocycles. The van der Waals surface area contributed by atoms with Crippen molar-refractivity contribution in [3.8, 4) is 0 Å². The topological polar surface area (TPSA) is 163 Å². The number of aliphatic hydroxyl groups excluding tert-OH is 1. The summed E-state index contributed by atoms with van der Waals surface area (Å²) >= 11 is 0. The molecule has 11 heteroatoms. The van der Waals surface area contributed by atoms with Gasteiger partial charge >= 0.3 is 6.09 Å². The summed E-state index contributed by atoms with van der Waals surface area (Å²) in [5.74, 6) is -2.39. The second kappa shape index (κ2) is 14.7. The van der Waals surface area contributed by atoms with Crippen molar-refractivity contribution in [1.82, 2.24) is 5.32 Å². The molecule has 0 saturated heterocycles. The number of methoxy groups -OCH3 is 3. The Labute approximate surface area is 234 Å². The first-order chi connectivity index (χ1) is 18.8. The van der Waals surface area contributed by atoms with E-state index in [-0.39, 0.29) is 34.9 Å². The molecule has 2 amide bonds. The number of carbonyl (C=O) groups is 4. The van der Waals surface area contributed by atoms with Gasteiger partial charge in [-0.05, 0) is 38.2 Å². The lowest BCUT2D eigenvalue weighted by Crippen LogP contribution is -2.37. The van der Waals surface area contributed by atoms with E-state index in [2.05, 4.69) is 5.32 Å². The lowest BCUT2D eigenvalue weighted by Gasteiger charge is -2.29.